The molecule has 0 amide bonds. The van der Waals surface area contributed by atoms with Crippen LogP contribution in [0.4, 0.5) is 13.2 Å². The lowest BCUT2D eigenvalue weighted by molar-refractivity contribution is -0.137. The number of fused-ring (bicyclic) bond motifs is 1. The number of aryl methyl sites for hydroxylation is 1. The van der Waals surface area contributed by atoms with Crippen LogP contribution in [-0.4, -0.2) is 4.98 Å². The number of benzene rings is 2. The van der Waals surface area contributed by atoms with Gasteiger partial charge in [-0.1, -0.05) is 11.6 Å². The van der Waals surface area contributed by atoms with Crippen molar-refractivity contribution in [3.05, 3.63) is 52.5 Å². The summed E-state index contributed by atoms with van der Waals surface area (Å²) in [6.07, 6.45) is -4.36. The van der Waals surface area contributed by atoms with Gasteiger partial charge in [-0.3, -0.25) is 0 Å². The van der Waals surface area contributed by atoms with E-state index in [0.717, 1.165) is 17.7 Å². The van der Waals surface area contributed by atoms with Gasteiger partial charge in [0.15, 0.2) is 5.58 Å². The van der Waals surface area contributed by atoms with E-state index in [4.69, 9.17) is 16.0 Å². The topological polar surface area (TPSA) is 26.0 Å². The molecule has 0 bridgehead atoms. The van der Waals surface area contributed by atoms with Crippen LogP contribution in [0.2, 0.25) is 5.02 Å². The molecule has 6 heteroatoms. The van der Waals surface area contributed by atoms with Crippen LogP contribution in [0.25, 0.3) is 22.6 Å². The van der Waals surface area contributed by atoms with Crippen LogP contribution in [0.15, 0.2) is 40.8 Å². The number of hydrogen-bond donors (Lipinski definition) is 0. The largest absolute Gasteiger partial charge is 0.436 e. The van der Waals surface area contributed by atoms with E-state index in [1.807, 2.05) is 6.92 Å². The zero-order valence-corrected chi connectivity index (χ0v) is 11.6. The van der Waals surface area contributed by atoms with Crippen molar-refractivity contribution < 1.29 is 17.6 Å². The Kier molecular flexibility index (Phi) is 3.17. The Hall–Kier alpha value is -2.01. The van der Waals surface area contributed by atoms with Crippen molar-refractivity contribution in [3.63, 3.8) is 0 Å². The van der Waals surface area contributed by atoms with Gasteiger partial charge in [0.25, 0.3) is 0 Å². The zero-order valence-electron chi connectivity index (χ0n) is 10.8. The maximum atomic E-state index is 12.5. The molecule has 0 N–H and O–H groups in total. The molecule has 21 heavy (non-hydrogen) atoms. The van der Waals surface area contributed by atoms with Crippen LogP contribution >= 0.6 is 11.6 Å². The van der Waals surface area contributed by atoms with Crippen LogP contribution < -0.4 is 0 Å². The molecule has 0 atom stereocenters. The molecule has 0 aliphatic carbocycles. The average Bonchev–Trinajstić information content (AvgIpc) is 2.81. The molecule has 0 spiro atoms. The van der Waals surface area contributed by atoms with E-state index < -0.39 is 11.7 Å². The molecule has 0 radical (unpaired) electrons. The van der Waals surface area contributed by atoms with Gasteiger partial charge in [0, 0.05) is 16.7 Å². The van der Waals surface area contributed by atoms with Gasteiger partial charge in [-0.2, -0.15) is 13.2 Å². The Bertz CT molecular complexity index is 767. The highest BCUT2D eigenvalue weighted by molar-refractivity contribution is 6.32. The first-order valence-electron chi connectivity index (χ1n) is 6.09. The monoisotopic (exact) mass is 311 g/mol. The first kappa shape index (κ1) is 13.9. The van der Waals surface area contributed by atoms with Crippen LogP contribution in [0.3, 0.4) is 0 Å². The van der Waals surface area contributed by atoms with Crippen molar-refractivity contribution >= 4 is 22.7 Å². The predicted octanol–water partition coefficient (Wildman–Crippen LogP) is 5.48. The number of hydrogen-bond acceptors (Lipinski definition) is 2. The first-order chi connectivity index (χ1) is 9.84. The third kappa shape index (κ3) is 2.61. The fraction of sp³-hybridized carbons (Fsp3) is 0.133. The van der Waals surface area contributed by atoms with Gasteiger partial charge < -0.3 is 4.42 Å². The van der Waals surface area contributed by atoms with Crippen molar-refractivity contribution in [2.75, 3.05) is 0 Å². The molecule has 0 fully saturated rings. The second-order valence-electron chi connectivity index (χ2n) is 4.66. The summed E-state index contributed by atoms with van der Waals surface area (Å²) in [6.45, 7) is 1.84. The Morgan fingerprint density at radius 1 is 1.10 bits per heavy atom. The summed E-state index contributed by atoms with van der Waals surface area (Å²) in [7, 11) is 0. The van der Waals surface area contributed by atoms with Crippen molar-refractivity contribution in [2.45, 2.75) is 13.1 Å². The minimum absolute atomic E-state index is 0.264. The fourth-order valence-electron chi connectivity index (χ4n) is 1.98. The Balaban J connectivity index is 2.04. The number of aromatic nitrogens is 1. The molecule has 2 aromatic carbocycles. The third-order valence-corrected chi connectivity index (χ3v) is 3.54. The third-order valence-electron chi connectivity index (χ3n) is 3.13. The Labute approximate surface area is 123 Å². The maximum absolute atomic E-state index is 12.5. The van der Waals surface area contributed by atoms with E-state index in [-0.39, 0.29) is 5.89 Å². The van der Waals surface area contributed by atoms with Crippen LogP contribution in [0, 0.1) is 6.92 Å². The summed E-state index contributed by atoms with van der Waals surface area (Å²) in [4.78, 5) is 4.27. The normalized spacial score (nSPS) is 12.0. The molecule has 1 aromatic heterocycles. The Morgan fingerprint density at radius 2 is 1.76 bits per heavy atom. The van der Waals surface area contributed by atoms with E-state index in [1.54, 1.807) is 12.1 Å². The highest BCUT2D eigenvalue weighted by atomic mass is 35.5. The molecule has 0 saturated carbocycles. The lowest BCUT2D eigenvalue weighted by atomic mass is 10.1. The number of alkyl halides is 3. The highest BCUT2D eigenvalue weighted by Gasteiger charge is 2.30. The van der Waals surface area contributed by atoms with Gasteiger partial charge in [-0.15, -0.1) is 0 Å². The lowest BCUT2D eigenvalue weighted by Crippen LogP contribution is -2.03. The molecule has 0 aliphatic heterocycles. The van der Waals surface area contributed by atoms with E-state index in [1.165, 1.54) is 12.1 Å². The SMILES string of the molecule is Cc1cc2nc(-c3ccc(C(F)(F)F)cc3)oc2cc1Cl. The second kappa shape index (κ2) is 4.77. The minimum atomic E-state index is -4.36. The molecular weight excluding hydrogens is 303 g/mol. The minimum Gasteiger partial charge on any atom is -0.436 e. The molecule has 3 rings (SSSR count). The summed E-state index contributed by atoms with van der Waals surface area (Å²) in [5.74, 6) is 0.264. The van der Waals surface area contributed by atoms with E-state index in [2.05, 4.69) is 4.98 Å². The molecular formula is C15H9ClF3NO. The highest BCUT2D eigenvalue weighted by Crippen LogP contribution is 2.32. The molecule has 0 saturated heterocycles. The van der Waals surface area contributed by atoms with Crippen molar-refractivity contribution in [3.8, 4) is 11.5 Å². The summed E-state index contributed by atoms with van der Waals surface area (Å²) >= 11 is 6.00. The van der Waals surface area contributed by atoms with E-state index in [9.17, 15) is 13.2 Å². The van der Waals surface area contributed by atoms with Crippen molar-refractivity contribution in [1.82, 2.24) is 4.98 Å². The molecule has 0 unspecified atom stereocenters. The standard InChI is InChI=1S/C15H9ClF3NO/c1-8-6-12-13(7-11(8)16)21-14(20-12)9-2-4-10(5-3-9)15(17,18)19/h2-7H,1H3. The average molecular weight is 312 g/mol. The first-order valence-corrected chi connectivity index (χ1v) is 6.47. The Morgan fingerprint density at radius 3 is 2.38 bits per heavy atom. The van der Waals surface area contributed by atoms with Gasteiger partial charge in [0.2, 0.25) is 5.89 Å². The van der Waals surface area contributed by atoms with Gasteiger partial charge in [0.1, 0.15) is 5.52 Å². The molecule has 108 valence electrons. The van der Waals surface area contributed by atoms with Gasteiger partial charge in [-0.25, -0.2) is 4.98 Å². The van der Waals surface area contributed by atoms with Gasteiger partial charge in [0.05, 0.1) is 5.56 Å². The van der Waals surface area contributed by atoms with Crippen LogP contribution in [0.5, 0.6) is 0 Å². The lowest BCUT2D eigenvalue weighted by Gasteiger charge is -2.05. The van der Waals surface area contributed by atoms with Crippen LogP contribution in [-0.2, 0) is 6.18 Å². The molecule has 1 heterocycles. The van der Waals surface area contributed by atoms with Crippen molar-refractivity contribution in [1.29, 1.82) is 0 Å². The van der Waals surface area contributed by atoms with Gasteiger partial charge >= 0.3 is 6.18 Å². The maximum Gasteiger partial charge on any atom is 0.416 e. The van der Waals surface area contributed by atoms with E-state index >= 15 is 0 Å². The predicted molar refractivity (Wildman–Crippen MR) is 74.2 cm³/mol. The molecule has 0 aliphatic rings. The number of nitrogens with zero attached hydrogens (tertiary/aromatic N) is 1. The van der Waals surface area contributed by atoms with E-state index in [0.29, 0.717) is 21.7 Å². The van der Waals surface area contributed by atoms with Gasteiger partial charge in [-0.05, 0) is 42.8 Å². The number of halogens is 4. The molecule has 3 aromatic rings. The quantitative estimate of drug-likeness (QED) is 0.595. The summed E-state index contributed by atoms with van der Waals surface area (Å²) in [6, 6.07) is 8.09. The summed E-state index contributed by atoms with van der Waals surface area (Å²) < 4.78 is 43.1. The second-order valence-corrected chi connectivity index (χ2v) is 5.07. The smallest absolute Gasteiger partial charge is 0.416 e. The zero-order chi connectivity index (χ0) is 15.2. The van der Waals surface area contributed by atoms with Crippen molar-refractivity contribution in [2.24, 2.45) is 0 Å². The summed E-state index contributed by atoms with van der Waals surface area (Å²) in [5.41, 5.74) is 1.75. The van der Waals surface area contributed by atoms with Crippen LogP contribution in [0.1, 0.15) is 11.1 Å². The number of oxazole rings is 1. The molecule has 2 nitrogen and oxygen atoms in total. The number of rotatable bonds is 1. The fourth-order valence-corrected chi connectivity index (χ4v) is 2.13. The summed E-state index contributed by atoms with van der Waals surface area (Å²) in [5, 5.41) is 0.553.